The molecule has 1 N–H and O–H groups in total. The average Bonchev–Trinajstić information content (AvgIpc) is 2.51. The van der Waals surface area contributed by atoms with Gasteiger partial charge >= 0.3 is 0 Å². The van der Waals surface area contributed by atoms with Crippen molar-refractivity contribution < 1.29 is 5.11 Å². The molecule has 1 fully saturated rings. The van der Waals surface area contributed by atoms with Crippen molar-refractivity contribution in [1.82, 2.24) is 0 Å². The van der Waals surface area contributed by atoms with Crippen LogP contribution in [0.4, 0.5) is 0 Å². The van der Waals surface area contributed by atoms with Gasteiger partial charge in [-0.1, -0.05) is 77.3 Å². The van der Waals surface area contributed by atoms with Crippen molar-refractivity contribution in [3.63, 3.8) is 0 Å². The van der Waals surface area contributed by atoms with Crippen LogP contribution < -0.4 is 0 Å². The van der Waals surface area contributed by atoms with Crippen molar-refractivity contribution in [3.8, 4) is 0 Å². The van der Waals surface area contributed by atoms with E-state index in [1.54, 1.807) is 0 Å². The Hall–Kier alpha value is -1.12. The van der Waals surface area contributed by atoms with Gasteiger partial charge in [-0.15, -0.1) is 0 Å². The van der Waals surface area contributed by atoms with Crippen LogP contribution >= 0.6 is 15.9 Å². The number of benzene rings is 2. The zero-order valence-corrected chi connectivity index (χ0v) is 13.7. The first kappa shape index (κ1) is 14.8. The zero-order chi connectivity index (χ0) is 14.7. The molecule has 2 atom stereocenters. The van der Waals surface area contributed by atoms with Crippen molar-refractivity contribution in [1.29, 1.82) is 0 Å². The molecule has 1 saturated carbocycles. The molecule has 0 radical (unpaired) electrons. The SMILES string of the molecule is OC1(Cc2ccccc2Br)CCCCC1c1ccccc1. The Morgan fingerprint density at radius 1 is 1.00 bits per heavy atom. The quantitative estimate of drug-likeness (QED) is 0.822. The summed E-state index contributed by atoms with van der Waals surface area (Å²) in [6.07, 6.45) is 5.00. The molecule has 2 aromatic rings. The van der Waals surface area contributed by atoms with E-state index in [1.807, 2.05) is 18.2 Å². The molecular weight excluding hydrogens is 324 g/mol. The van der Waals surface area contributed by atoms with E-state index in [9.17, 15) is 5.11 Å². The summed E-state index contributed by atoms with van der Waals surface area (Å²) in [4.78, 5) is 0. The van der Waals surface area contributed by atoms with E-state index in [0.29, 0.717) is 6.42 Å². The van der Waals surface area contributed by atoms with Gasteiger partial charge in [-0.2, -0.15) is 0 Å². The number of rotatable bonds is 3. The Morgan fingerprint density at radius 3 is 2.48 bits per heavy atom. The first-order chi connectivity index (χ1) is 10.2. The zero-order valence-electron chi connectivity index (χ0n) is 12.1. The fraction of sp³-hybridized carbons (Fsp3) is 0.368. The first-order valence-corrected chi connectivity index (χ1v) is 8.49. The van der Waals surface area contributed by atoms with Gasteiger partial charge in [0.2, 0.25) is 0 Å². The molecule has 1 aliphatic rings. The normalized spacial score (nSPS) is 25.7. The molecule has 0 heterocycles. The molecule has 3 rings (SSSR count). The summed E-state index contributed by atoms with van der Waals surface area (Å²) in [7, 11) is 0. The van der Waals surface area contributed by atoms with Crippen molar-refractivity contribution in [2.24, 2.45) is 0 Å². The van der Waals surface area contributed by atoms with Gasteiger partial charge in [0.05, 0.1) is 5.60 Å². The van der Waals surface area contributed by atoms with Crippen LogP contribution in [0.2, 0.25) is 0 Å². The van der Waals surface area contributed by atoms with Crippen molar-refractivity contribution in [2.45, 2.75) is 43.6 Å². The van der Waals surface area contributed by atoms with E-state index in [1.165, 1.54) is 17.5 Å². The summed E-state index contributed by atoms with van der Waals surface area (Å²) in [5, 5.41) is 11.3. The first-order valence-electron chi connectivity index (χ1n) is 7.70. The minimum atomic E-state index is -0.635. The second kappa shape index (κ2) is 6.33. The highest BCUT2D eigenvalue weighted by Crippen LogP contribution is 2.43. The fourth-order valence-corrected chi connectivity index (χ4v) is 3.99. The third kappa shape index (κ3) is 3.22. The third-order valence-electron chi connectivity index (χ3n) is 4.66. The maximum absolute atomic E-state index is 11.3. The molecule has 0 saturated heterocycles. The Labute approximate surface area is 135 Å². The molecule has 0 aromatic heterocycles. The van der Waals surface area contributed by atoms with Gasteiger partial charge in [0.25, 0.3) is 0 Å². The molecule has 0 aliphatic heterocycles. The lowest BCUT2D eigenvalue weighted by atomic mass is 9.69. The highest BCUT2D eigenvalue weighted by Gasteiger charge is 2.39. The van der Waals surface area contributed by atoms with Crippen LogP contribution in [-0.2, 0) is 6.42 Å². The largest absolute Gasteiger partial charge is 0.389 e. The second-order valence-electron chi connectivity index (χ2n) is 6.08. The second-order valence-corrected chi connectivity index (χ2v) is 6.94. The van der Waals surface area contributed by atoms with E-state index in [0.717, 1.165) is 23.7 Å². The van der Waals surface area contributed by atoms with Crippen LogP contribution in [0.1, 0.15) is 42.7 Å². The predicted molar refractivity (Wildman–Crippen MR) is 90.4 cm³/mol. The van der Waals surface area contributed by atoms with Gasteiger partial charge in [-0.05, 0) is 30.0 Å². The maximum atomic E-state index is 11.3. The van der Waals surface area contributed by atoms with E-state index < -0.39 is 5.60 Å². The number of aliphatic hydroxyl groups is 1. The molecule has 0 amide bonds. The van der Waals surface area contributed by atoms with E-state index in [2.05, 4.69) is 52.3 Å². The van der Waals surface area contributed by atoms with E-state index >= 15 is 0 Å². The molecule has 0 bridgehead atoms. The standard InChI is InChI=1S/C19H21BrO/c20-18-12-5-4-10-16(18)14-19(21)13-7-6-11-17(19)15-8-2-1-3-9-15/h1-5,8-10,12,17,21H,6-7,11,13-14H2. The lowest BCUT2D eigenvalue weighted by Gasteiger charge is -2.41. The van der Waals surface area contributed by atoms with Crippen LogP contribution in [0, 0.1) is 0 Å². The van der Waals surface area contributed by atoms with Crippen LogP contribution in [-0.4, -0.2) is 10.7 Å². The molecule has 2 aromatic carbocycles. The predicted octanol–water partition coefficient (Wildman–Crippen LogP) is 5.08. The summed E-state index contributed by atoms with van der Waals surface area (Å²) >= 11 is 3.61. The van der Waals surface area contributed by atoms with Gasteiger partial charge in [-0.25, -0.2) is 0 Å². The molecule has 110 valence electrons. The Morgan fingerprint density at radius 2 is 1.71 bits per heavy atom. The molecule has 1 aliphatic carbocycles. The smallest absolute Gasteiger partial charge is 0.0756 e. The Kier molecular flexibility index (Phi) is 4.46. The van der Waals surface area contributed by atoms with E-state index in [-0.39, 0.29) is 5.92 Å². The highest BCUT2D eigenvalue weighted by molar-refractivity contribution is 9.10. The van der Waals surface area contributed by atoms with Crippen molar-refractivity contribution in [3.05, 3.63) is 70.2 Å². The highest BCUT2D eigenvalue weighted by atomic mass is 79.9. The molecule has 21 heavy (non-hydrogen) atoms. The minimum Gasteiger partial charge on any atom is -0.389 e. The number of halogens is 1. The van der Waals surface area contributed by atoms with Gasteiger partial charge in [-0.3, -0.25) is 0 Å². The van der Waals surface area contributed by atoms with Crippen molar-refractivity contribution in [2.75, 3.05) is 0 Å². The topological polar surface area (TPSA) is 20.2 Å². The van der Waals surface area contributed by atoms with Gasteiger partial charge in [0.1, 0.15) is 0 Å². The monoisotopic (exact) mass is 344 g/mol. The molecular formula is C19H21BrO. The lowest BCUT2D eigenvalue weighted by molar-refractivity contribution is -0.0168. The van der Waals surface area contributed by atoms with Crippen LogP contribution in [0.15, 0.2) is 59.1 Å². The summed E-state index contributed by atoms with van der Waals surface area (Å²) in [6.45, 7) is 0. The van der Waals surface area contributed by atoms with Gasteiger partial charge in [0, 0.05) is 16.8 Å². The summed E-state index contributed by atoms with van der Waals surface area (Å²) in [5.41, 5.74) is 1.83. The lowest BCUT2D eigenvalue weighted by Crippen LogP contribution is -2.41. The summed E-state index contributed by atoms with van der Waals surface area (Å²) < 4.78 is 1.09. The van der Waals surface area contributed by atoms with E-state index in [4.69, 9.17) is 0 Å². The van der Waals surface area contributed by atoms with Crippen LogP contribution in [0.3, 0.4) is 0 Å². The minimum absolute atomic E-state index is 0.236. The van der Waals surface area contributed by atoms with Crippen molar-refractivity contribution >= 4 is 15.9 Å². The van der Waals surface area contributed by atoms with Gasteiger partial charge in [0.15, 0.2) is 0 Å². The Bertz CT molecular complexity index is 596. The van der Waals surface area contributed by atoms with Crippen LogP contribution in [0.25, 0.3) is 0 Å². The fourth-order valence-electron chi connectivity index (χ4n) is 3.57. The average molecular weight is 345 g/mol. The Balaban J connectivity index is 1.91. The molecule has 0 spiro atoms. The molecule has 2 unspecified atom stereocenters. The third-order valence-corrected chi connectivity index (χ3v) is 5.43. The summed E-state index contributed by atoms with van der Waals surface area (Å²) in [5.74, 6) is 0.236. The number of hydrogen-bond donors (Lipinski definition) is 1. The van der Waals surface area contributed by atoms with Gasteiger partial charge < -0.3 is 5.11 Å². The molecule has 2 heteroatoms. The maximum Gasteiger partial charge on any atom is 0.0756 e. The van der Waals surface area contributed by atoms with Crippen LogP contribution in [0.5, 0.6) is 0 Å². The molecule has 1 nitrogen and oxygen atoms in total. The summed E-state index contributed by atoms with van der Waals surface area (Å²) in [6, 6.07) is 18.7. The number of hydrogen-bond acceptors (Lipinski definition) is 1.